The SMILES string of the molecule is Cl.FC(F)(F)c1ccc(-c2cc3ccc([C@@H]4CNCCO4)cc3[nH]2)cn1. The van der Waals surface area contributed by atoms with Crippen molar-refractivity contribution in [1.82, 2.24) is 15.3 Å². The first-order valence-electron chi connectivity index (χ1n) is 7.99. The summed E-state index contributed by atoms with van der Waals surface area (Å²) in [5.41, 5.74) is 2.44. The average Bonchev–Trinajstić information content (AvgIpc) is 3.05. The van der Waals surface area contributed by atoms with Gasteiger partial charge in [-0.25, -0.2) is 0 Å². The van der Waals surface area contributed by atoms with Gasteiger partial charge in [-0.3, -0.25) is 4.98 Å². The van der Waals surface area contributed by atoms with E-state index in [1.807, 2.05) is 24.3 Å². The van der Waals surface area contributed by atoms with E-state index >= 15 is 0 Å². The second kappa shape index (κ2) is 7.26. The number of rotatable bonds is 2. The van der Waals surface area contributed by atoms with Crippen LogP contribution in [-0.2, 0) is 10.9 Å². The minimum Gasteiger partial charge on any atom is -0.371 e. The van der Waals surface area contributed by atoms with Crippen LogP contribution in [0.3, 0.4) is 0 Å². The van der Waals surface area contributed by atoms with Gasteiger partial charge < -0.3 is 15.0 Å². The Kier molecular flexibility index (Phi) is 5.22. The highest BCUT2D eigenvalue weighted by molar-refractivity contribution is 5.86. The number of aromatic nitrogens is 2. The Hall–Kier alpha value is -2.09. The van der Waals surface area contributed by atoms with Crippen LogP contribution < -0.4 is 5.32 Å². The standard InChI is InChI=1S/C18H16F3N3O.ClH/c19-18(20,21)17-4-3-13(9-23-17)15-7-11-1-2-12(8-14(11)24-15)16-10-22-5-6-25-16;/h1-4,7-9,16,22,24H,5-6,10H2;1H/t16-;/m0./s1. The highest BCUT2D eigenvalue weighted by Crippen LogP contribution is 2.30. The van der Waals surface area contributed by atoms with Crippen molar-refractivity contribution in [3.8, 4) is 11.3 Å². The quantitative estimate of drug-likeness (QED) is 0.692. The molecule has 4 nitrogen and oxygen atoms in total. The van der Waals surface area contributed by atoms with E-state index in [1.54, 1.807) is 0 Å². The van der Waals surface area contributed by atoms with Gasteiger partial charge in [-0.1, -0.05) is 12.1 Å². The number of aromatic amines is 1. The number of hydrogen-bond donors (Lipinski definition) is 2. The zero-order valence-electron chi connectivity index (χ0n) is 13.6. The van der Waals surface area contributed by atoms with Crippen molar-refractivity contribution in [1.29, 1.82) is 0 Å². The molecule has 3 aromatic rings. The third-order valence-corrected chi connectivity index (χ3v) is 4.31. The molecule has 8 heteroatoms. The van der Waals surface area contributed by atoms with Gasteiger partial charge in [0.25, 0.3) is 0 Å². The normalized spacial score (nSPS) is 17.9. The molecule has 2 N–H and O–H groups in total. The summed E-state index contributed by atoms with van der Waals surface area (Å²) in [7, 11) is 0. The van der Waals surface area contributed by atoms with Crippen molar-refractivity contribution in [2.24, 2.45) is 0 Å². The van der Waals surface area contributed by atoms with Gasteiger partial charge in [0.1, 0.15) is 5.69 Å². The number of hydrogen-bond acceptors (Lipinski definition) is 3. The number of nitrogens with zero attached hydrogens (tertiary/aromatic N) is 1. The molecule has 138 valence electrons. The first-order chi connectivity index (χ1) is 12.0. The molecule has 1 saturated heterocycles. The van der Waals surface area contributed by atoms with Gasteiger partial charge in [0.15, 0.2) is 0 Å². The predicted molar refractivity (Wildman–Crippen MR) is 95.3 cm³/mol. The summed E-state index contributed by atoms with van der Waals surface area (Å²) >= 11 is 0. The summed E-state index contributed by atoms with van der Waals surface area (Å²) in [5.74, 6) is 0. The van der Waals surface area contributed by atoms with Crippen LogP contribution in [0.25, 0.3) is 22.2 Å². The summed E-state index contributed by atoms with van der Waals surface area (Å²) < 4.78 is 43.6. The lowest BCUT2D eigenvalue weighted by molar-refractivity contribution is -0.141. The third-order valence-electron chi connectivity index (χ3n) is 4.31. The summed E-state index contributed by atoms with van der Waals surface area (Å²) in [6.07, 6.45) is -3.18. The maximum Gasteiger partial charge on any atom is 0.433 e. The largest absolute Gasteiger partial charge is 0.433 e. The number of nitrogens with one attached hydrogen (secondary N) is 2. The van der Waals surface area contributed by atoms with E-state index in [4.69, 9.17) is 4.74 Å². The van der Waals surface area contributed by atoms with Crippen LogP contribution in [0.15, 0.2) is 42.6 Å². The molecule has 1 aliphatic heterocycles. The van der Waals surface area contributed by atoms with E-state index in [2.05, 4.69) is 15.3 Å². The molecule has 1 aliphatic rings. The third kappa shape index (κ3) is 3.70. The number of morpholine rings is 1. The average molecular weight is 384 g/mol. The van der Waals surface area contributed by atoms with E-state index in [-0.39, 0.29) is 18.5 Å². The molecule has 0 spiro atoms. The number of alkyl halides is 3. The Morgan fingerprint density at radius 3 is 2.62 bits per heavy atom. The van der Waals surface area contributed by atoms with Crippen molar-refractivity contribution < 1.29 is 17.9 Å². The van der Waals surface area contributed by atoms with Gasteiger partial charge in [0.2, 0.25) is 0 Å². The van der Waals surface area contributed by atoms with E-state index in [9.17, 15) is 13.2 Å². The van der Waals surface area contributed by atoms with Crippen LogP contribution in [0.5, 0.6) is 0 Å². The predicted octanol–water partition coefficient (Wildman–Crippen LogP) is 4.33. The lowest BCUT2D eigenvalue weighted by atomic mass is 10.1. The molecule has 1 atom stereocenters. The van der Waals surface area contributed by atoms with Crippen LogP contribution in [-0.4, -0.2) is 29.7 Å². The fourth-order valence-corrected chi connectivity index (χ4v) is 3.00. The summed E-state index contributed by atoms with van der Waals surface area (Å²) in [6, 6.07) is 10.4. The van der Waals surface area contributed by atoms with Crippen molar-refractivity contribution in [2.75, 3.05) is 19.7 Å². The number of ether oxygens (including phenoxy) is 1. The molecular formula is C18H17ClF3N3O. The Labute approximate surface area is 154 Å². The molecule has 0 unspecified atom stereocenters. The molecule has 3 heterocycles. The summed E-state index contributed by atoms with van der Waals surface area (Å²) in [4.78, 5) is 6.77. The highest BCUT2D eigenvalue weighted by atomic mass is 35.5. The number of fused-ring (bicyclic) bond motifs is 1. The number of pyridine rings is 1. The van der Waals surface area contributed by atoms with E-state index in [0.29, 0.717) is 12.2 Å². The van der Waals surface area contributed by atoms with Crippen molar-refractivity contribution in [3.05, 3.63) is 53.9 Å². The van der Waals surface area contributed by atoms with Gasteiger partial charge in [0.05, 0.1) is 12.7 Å². The molecule has 26 heavy (non-hydrogen) atoms. The van der Waals surface area contributed by atoms with Gasteiger partial charge in [-0.05, 0) is 29.8 Å². The first-order valence-corrected chi connectivity index (χ1v) is 7.99. The molecule has 0 bridgehead atoms. The summed E-state index contributed by atoms with van der Waals surface area (Å²) in [5, 5.41) is 4.28. The monoisotopic (exact) mass is 383 g/mol. The number of benzene rings is 1. The van der Waals surface area contributed by atoms with Crippen LogP contribution >= 0.6 is 12.4 Å². The topological polar surface area (TPSA) is 49.9 Å². The Balaban J connectivity index is 0.00000196. The smallest absolute Gasteiger partial charge is 0.371 e. The lowest BCUT2D eigenvalue weighted by Gasteiger charge is -2.23. The molecule has 2 aromatic heterocycles. The number of halogens is 4. The molecule has 0 saturated carbocycles. The lowest BCUT2D eigenvalue weighted by Crippen LogP contribution is -2.33. The first kappa shape index (κ1) is 18.7. The van der Waals surface area contributed by atoms with E-state index < -0.39 is 11.9 Å². The fourth-order valence-electron chi connectivity index (χ4n) is 3.00. The Morgan fingerprint density at radius 1 is 1.12 bits per heavy atom. The van der Waals surface area contributed by atoms with Crippen molar-refractivity contribution in [3.63, 3.8) is 0 Å². The van der Waals surface area contributed by atoms with Crippen LogP contribution in [0.4, 0.5) is 13.2 Å². The minimum absolute atomic E-state index is 0. The molecule has 0 amide bonds. The van der Waals surface area contributed by atoms with Gasteiger partial charge in [0, 0.05) is 41.4 Å². The van der Waals surface area contributed by atoms with Gasteiger partial charge in [-0.15, -0.1) is 12.4 Å². The maximum atomic E-state index is 12.6. The Bertz CT molecular complexity index is 887. The van der Waals surface area contributed by atoms with Crippen LogP contribution in [0.1, 0.15) is 17.4 Å². The van der Waals surface area contributed by atoms with E-state index in [0.717, 1.165) is 41.3 Å². The second-order valence-corrected chi connectivity index (χ2v) is 6.02. The molecule has 4 rings (SSSR count). The Morgan fingerprint density at radius 2 is 1.96 bits per heavy atom. The molecule has 0 radical (unpaired) electrons. The molecule has 1 aromatic carbocycles. The number of H-pyrrole nitrogens is 1. The van der Waals surface area contributed by atoms with Gasteiger partial charge in [-0.2, -0.15) is 13.2 Å². The second-order valence-electron chi connectivity index (χ2n) is 6.02. The maximum absolute atomic E-state index is 12.6. The fraction of sp³-hybridized carbons (Fsp3) is 0.278. The van der Waals surface area contributed by atoms with Crippen molar-refractivity contribution in [2.45, 2.75) is 12.3 Å². The minimum atomic E-state index is -4.43. The van der Waals surface area contributed by atoms with Gasteiger partial charge >= 0.3 is 6.18 Å². The summed E-state index contributed by atoms with van der Waals surface area (Å²) in [6.45, 7) is 2.30. The highest BCUT2D eigenvalue weighted by Gasteiger charge is 2.32. The molecule has 1 fully saturated rings. The van der Waals surface area contributed by atoms with Crippen LogP contribution in [0.2, 0.25) is 0 Å². The zero-order valence-corrected chi connectivity index (χ0v) is 14.5. The van der Waals surface area contributed by atoms with Crippen molar-refractivity contribution >= 4 is 23.3 Å². The zero-order chi connectivity index (χ0) is 17.4. The molecular weight excluding hydrogens is 367 g/mol. The van der Waals surface area contributed by atoms with Crippen LogP contribution in [0, 0.1) is 0 Å². The molecule has 0 aliphatic carbocycles. The van der Waals surface area contributed by atoms with E-state index in [1.165, 1.54) is 12.3 Å².